The maximum atomic E-state index is 2.59. The summed E-state index contributed by atoms with van der Waals surface area (Å²) < 4.78 is 0. The monoisotopic (exact) mass is 580 g/mol. The zero-order valence-corrected chi connectivity index (χ0v) is 31.0. The van der Waals surface area contributed by atoms with Crippen LogP contribution in [0.25, 0.3) is 0 Å². The van der Waals surface area contributed by atoms with E-state index < -0.39 is 0 Å². The van der Waals surface area contributed by atoms with Crippen LogP contribution in [-0.2, 0) is 0 Å². The highest BCUT2D eigenvalue weighted by atomic mass is 15.3. The third-order valence-electron chi connectivity index (χ3n) is 9.50. The van der Waals surface area contributed by atoms with Gasteiger partial charge in [-0.3, -0.25) is 19.6 Å². The van der Waals surface area contributed by atoms with Crippen molar-refractivity contribution in [2.24, 2.45) is 11.8 Å². The smallest absolute Gasteiger partial charge is 0.0126 e. The highest BCUT2D eigenvalue weighted by molar-refractivity contribution is 4.86. The summed E-state index contributed by atoms with van der Waals surface area (Å²) in [6, 6.07) is 0. The van der Waals surface area contributed by atoms with Gasteiger partial charge in [0, 0.05) is 61.4 Å². The Morgan fingerprint density at radius 2 is 0.732 bits per heavy atom. The van der Waals surface area contributed by atoms with Gasteiger partial charge in [0.1, 0.15) is 0 Å². The van der Waals surface area contributed by atoms with Gasteiger partial charge in [0.25, 0.3) is 0 Å². The number of nitrogens with zero attached hydrogens (tertiary/aromatic N) is 5. The maximum Gasteiger partial charge on any atom is 0.0126 e. The van der Waals surface area contributed by atoms with Gasteiger partial charge in [-0.1, -0.05) is 20.3 Å². The van der Waals surface area contributed by atoms with Crippen molar-refractivity contribution in [1.82, 2.24) is 24.5 Å². The first kappa shape index (κ1) is 38.8. The standard InChI is InChI=1S/C10H21N.C9H20N2.C9H19N.C8H17N/c1-9-5-7-11(8-6-9)10(2,3)4;1-9(2,3)11-7-5-10(4)6-8-11;1-9(2,3)10-7-5-4-6-8-10;1-7-5-9(6-7)8(2,3)4/h9H,5-8H2,1-4H3;5-8H2,1-4H3;4-8H2,1-3H3;7H,5-6H2,1-4H3. The first-order valence-electron chi connectivity index (χ1n) is 17.3. The molecule has 246 valence electrons. The highest BCUT2D eigenvalue weighted by Crippen LogP contribution is 2.24. The largest absolute Gasteiger partial charge is 0.304 e. The number of piperazine rings is 1. The summed E-state index contributed by atoms with van der Waals surface area (Å²) >= 11 is 0. The molecule has 0 N–H and O–H groups in total. The van der Waals surface area contributed by atoms with E-state index in [1.54, 1.807) is 0 Å². The molecule has 0 radical (unpaired) electrons. The second-order valence-electron chi connectivity index (χ2n) is 17.7. The Bertz CT molecular complexity index is 633. The molecule has 0 unspecified atom stereocenters. The van der Waals surface area contributed by atoms with Crippen LogP contribution in [0, 0.1) is 11.8 Å². The predicted molar refractivity (Wildman–Crippen MR) is 184 cm³/mol. The maximum absolute atomic E-state index is 2.59. The van der Waals surface area contributed by atoms with Crippen LogP contribution in [0.5, 0.6) is 0 Å². The van der Waals surface area contributed by atoms with Crippen molar-refractivity contribution in [2.75, 3.05) is 72.5 Å². The summed E-state index contributed by atoms with van der Waals surface area (Å²) in [5.74, 6) is 1.89. The van der Waals surface area contributed by atoms with Crippen LogP contribution >= 0.6 is 0 Å². The van der Waals surface area contributed by atoms with Crippen LogP contribution in [0.1, 0.15) is 129 Å². The minimum Gasteiger partial charge on any atom is -0.304 e. The van der Waals surface area contributed by atoms with Crippen molar-refractivity contribution in [2.45, 2.75) is 151 Å². The summed E-state index contributed by atoms with van der Waals surface area (Å²) in [4.78, 5) is 12.6. The highest BCUT2D eigenvalue weighted by Gasteiger charge is 2.31. The van der Waals surface area contributed by atoms with Gasteiger partial charge >= 0.3 is 0 Å². The molecule has 0 aromatic heterocycles. The summed E-state index contributed by atoms with van der Waals surface area (Å²) in [6.45, 7) is 44.9. The Morgan fingerprint density at radius 3 is 1.02 bits per heavy atom. The van der Waals surface area contributed by atoms with Gasteiger partial charge in [-0.15, -0.1) is 0 Å². The fourth-order valence-electron chi connectivity index (χ4n) is 5.97. The molecule has 0 amide bonds. The zero-order chi connectivity index (χ0) is 31.6. The number of hydrogen-bond acceptors (Lipinski definition) is 5. The second-order valence-corrected chi connectivity index (χ2v) is 17.7. The number of likely N-dealkylation sites (tertiary alicyclic amines) is 3. The van der Waals surface area contributed by atoms with Crippen LogP contribution in [-0.4, -0.2) is 119 Å². The molecule has 5 heteroatoms. The molecule has 0 aliphatic carbocycles. The van der Waals surface area contributed by atoms with Gasteiger partial charge in [-0.25, -0.2) is 0 Å². The average Bonchev–Trinajstić information content (AvgIpc) is 2.82. The van der Waals surface area contributed by atoms with Crippen LogP contribution < -0.4 is 0 Å². The molecular weight excluding hydrogens is 502 g/mol. The van der Waals surface area contributed by atoms with E-state index in [0.29, 0.717) is 22.2 Å². The Morgan fingerprint density at radius 1 is 0.390 bits per heavy atom. The minimum atomic E-state index is 0.362. The molecule has 4 aliphatic heterocycles. The molecule has 0 spiro atoms. The first-order chi connectivity index (χ1) is 18.6. The van der Waals surface area contributed by atoms with Crippen LogP contribution in [0.2, 0.25) is 0 Å². The molecule has 4 heterocycles. The van der Waals surface area contributed by atoms with E-state index >= 15 is 0 Å². The SMILES string of the molecule is CC(C)(C)N1CCCCC1.CC1CCN(C(C)(C)C)CC1.CC1CN(C(C)(C)C)C1.CN1CCN(C(C)(C)C)CC1. The van der Waals surface area contributed by atoms with Crippen molar-refractivity contribution in [3.63, 3.8) is 0 Å². The molecule has 0 atom stereocenters. The second kappa shape index (κ2) is 16.8. The fraction of sp³-hybridized carbons (Fsp3) is 1.00. The van der Waals surface area contributed by atoms with E-state index in [1.165, 1.54) is 97.6 Å². The Labute approximate surface area is 259 Å². The number of likely N-dealkylation sites (N-methyl/N-ethyl adjacent to an activating group) is 1. The minimum absolute atomic E-state index is 0.362. The Hall–Kier alpha value is -0.200. The van der Waals surface area contributed by atoms with Gasteiger partial charge in [0.2, 0.25) is 0 Å². The van der Waals surface area contributed by atoms with Gasteiger partial charge in [-0.2, -0.15) is 0 Å². The molecule has 4 aliphatic rings. The predicted octanol–water partition coefficient (Wildman–Crippen LogP) is 7.56. The molecule has 0 saturated carbocycles. The van der Waals surface area contributed by atoms with E-state index in [0.717, 1.165) is 11.8 Å². The molecule has 4 saturated heterocycles. The number of hydrogen-bond donors (Lipinski definition) is 0. The van der Waals surface area contributed by atoms with Crippen LogP contribution in [0.15, 0.2) is 0 Å². The summed E-state index contributed by atoms with van der Waals surface area (Å²) in [6.07, 6.45) is 7.01. The topological polar surface area (TPSA) is 16.2 Å². The number of rotatable bonds is 0. The third kappa shape index (κ3) is 15.9. The van der Waals surface area contributed by atoms with E-state index in [4.69, 9.17) is 0 Å². The summed E-state index contributed by atoms with van der Waals surface area (Å²) in [7, 11) is 2.19. The van der Waals surface area contributed by atoms with E-state index in [1.807, 2.05) is 0 Å². The van der Waals surface area contributed by atoms with E-state index in [2.05, 4.69) is 128 Å². The van der Waals surface area contributed by atoms with Crippen molar-refractivity contribution < 1.29 is 0 Å². The van der Waals surface area contributed by atoms with Crippen molar-refractivity contribution in [3.05, 3.63) is 0 Å². The third-order valence-corrected chi connectivity index (χ3v) is 9.50. The molecule has 0 aromatic rings. The van der Waals surface area contributed by atoms with E-state index in [9.17, 15) is 0 Å². The molecule has 5 nitrogen and oxygen atoms in total. The average molecular weight is 580 g/mol. The van der Waals surface area contributed by atoms with Crippen molar-refractivity contribution >= 4 is 0 Å². The quantitative estimate of drug-likeness (QED) is 0.294. The normalized spacial score (nSPS) is 23.8. The van der Waals surface area contributed by atoms with E-state index in [-0.39, 0.29) is 0 Å². The van der Waals surface area contributed by atoms with Gasteiger partial charge in [-0.05, 0) is 154 Å². The zero-order valence-electron chi connectivity index (χ0n) is 31.0. The lowest BCUT2D eigenvalue weighted by molar-refractivity contribution is 0.0224. The van der Waals surface area contributed by atoms with Crippen molar-refractivity contribution in [1.29, 1.82) is 0 Å². The lowest BCUT2D eigenvalue weighted by Crippen LogP contribution is -2.54. The molecule has 4 rings (SSSR count). The van der Waals surface area contributed by atoms with Crippen LogP contribution in [0.3, 0.4) is 0 Å². The van der Waals surface area contributed by atoms with Gasteiger partial charge in [0.05, 0.1) is 0 Å². The van der Waals surface area contributed by atoms with Gasteiger partial charge in [0.15, 0.2) is 0 Å². The lowest BCUT2D eigenvalue weighted by atomic mass is 9.94. The lowest BCUT2D eigenvalue weighted by Gasteiger charge is -2.46. The molecule has 0 bridgehead atoms. The Kier molecular flexibility index (Phi) is 15.9. The molecule has 0 aromatic carbocycles. The molecule has 41 heavy (non-hydrogen) atoms. The summed E-state index contributed by atoms with van der Waals surface area (Å²) in [5, 5.41) is 0. The first-order valence-corrected chi connectivity index (χ1v) is 17.3. The number of piperidine rings is 2. The molecule has 4 fully saturated rings. The van der Waals surface area contributed by atoms with Gasteiger partial charge < -0.3 is 4.90 Å². The Balaban J connectivity index is 0.000000274. The van der Waals surface area contributed by atoms with Crippen LogP contribution in [0.4, 0.5) is 0 Å². The van der Waals surface area contributed by atoms with Crippen molar-refractivity contribution in [3.8, 4) is 0 Å². The fourth-order valence-corrected chi connectivity index (χ4v) is 5.97. The summed E-state index contributed by atoms with van der Waals surface area (Å²) in [5.41, 5.74) is 1.56. The molecular formula is C36H77N5.